The first-order valence-electron chi connectivity index (χ1n) is 7.16. The van der Waals surface area contributed by atoms with E-state index in [4.69, 9.17) is 5.73 Å². The minimum atomic E-state index is 0.339. The molecular formula is C15H15N6+. The van der Waals surface area contributed by atoms with Gasteiger partial charge in [0.2, 0.25) is 5.52 Å². The molecule has 0 radical (unpaired) electrons. The van der Waals surface area contributed by atoms with Crippen LogP contribution in [0.15, 0.2) is 36.9 Å². The molecule has 2 bridgehead atoms. The minimum absolute atomic E-state index is 0.339. The normalized spacial score (nSPS) is 26.4. The molecule has 4 N–H and O–H groups in total. The Labute approximate surface area is 121 Å². The zero-order valence-electron chi connectivity index (χ0n) is 11.3. The van der Waals surface area contributed by atoms with E-state index in [2.05, 4.69) is 49.1 Å². The molecule has 104 valence electrons. The summed E-state index contributed by atoms with van der Waals surface area (Å²) in [7, 11) is 0. The van der Waals surface area contributed by atoms with Gasteiger partial charge in [-0.15, -0.1) is 0 Å². The predicted octanol–water partition coefficient (Wildman–Crippen LogP) is 1.16. The molecule has 1 aromatic carbocycles. The molecule has 3 aromatic rings. The summed E-state index contributed by atoms with van der Waals surface area (Å²) < 4.78 is 2.20. The first kappa shape index (κ1) is 11.2. The number of hydrogen-bond donors (Lipinski definition) is 3. The van der Waals surface area contributed by atoms with E-state index in [1.165, 1.54) is 17.5 Å². The second-order valence-electron chi connectivity index (χ2n) is 5.77. The molecule has 1 saturated heterocycles. The van der Waals surface area contributed by atoms with Crippen LogP contribution < -0.4 is 15.6 Å². The quantitative estimate of drug-likeness (QED) is 0.584. The van der Waals surface area contributed by atoms with Crippen LogP contribution >= 0.6 is 0 Å². The minimum Gasteiger partial charge on any atom is -0.380 e. The predicted molar refractivity (Wildman–Crippen MR) is 77.2 cm³/mol. The van der Waals surface area contributed by atoms with Crippen molar-refractivity contribution >= 4 is 17.0 Å². The standard InChI is InChI=1S/C15H14N6/c16-14-13-15(18-6-17-14)21(7-19-13)11-5-10-8-3-1-2-4-9(8)12(11)20-10/h1-4,6-7,10-12,20H,5H2,(H2,16,17,18)/p+1/t10-,11?,12-/m1/s1. The lowest BCUT2D eigenvalue weighted by Crippen LogP contribution is -2.41. The van der Waals surface area contributed by atoms with Crippen molar-refractivity contribution in [1.82, 2.24) is 20.3 Å². The van der Waals surface area contributed by atoms with Crippen LogP contribution in [0, 0.1) is 0 Å². The molecule has 21 heavy (non-hydrogen) atoms. The lowest BCUT2D eigenvalue weighted by atomic mass is 9.88. The summed E-state index contributed by atoms with van der Waals surface area (Å²) in [5.74, 6) is 0.496. The van der Waals surface area contributed by atoms with Crippen LogP contribution in [0.1, 0.15) is 35.7 Å². The summed E-state index contributed by atoms with van der Waals surface area (Å²) in [5.41, 5.74) is 10.4. The molecule has 2 aliphatic heterocycles. The highest BCUT2D eigenvalue weighted by atomic mass is 15.2. The summed E-state index contributed by atoms with van der Waals surface area (Å²) in [6.07, 6.45) is 4.56. The third-order valence-electron chi connectivity index (χ3n) is 4.76. The van der Waals surface area contributed by atoms with Crippen LogP contribution in [0.4, 0.5) is 5.82 Å². The largest absolute Gasteiger partial charge is 0.380 e. The van der Waals surface area contributed by atoms with Crippen molar-refractivity contribution in [2.75, 3.05) is 5.73 Å². The maximum Gasteiger partial charge on any atom is 0.307 e. The fraction of sp³-hybridized carbons (Fsp3) is 0.267. The van der Waals surface area contributed by atoms with E-state index in [9.17, 15) is 0 Å². The zero-order chi connectivity index (χ0) is 14.0. The second-order valence-corrected chi connectivity index (χ2v) is 5.77. The summed E-state index contributed by atoms with van der Waals surface area (Å²) in [5, 5.41) is 3.70. The average molecular weight is 279 g/mol. The van der Waals surface area contributed by atoms with E-state index < -0.39 is 0 Å². The van der Waals surface area contributed by atoms with E-state index >= 15 is 0 Å². The van der Waals surface area contributed by atoms with Crippen molar-refractivity contribution in [1.29, 1.82) is 0 Å². The van der Waals surface area contributed by atoms with Gasteiger partial charge in [-0.1, -0.05) is 29.2 Å². The summed E-state index contributed by atoms with van der Waals surface area (Å²) in [6, 6.07) is 9.80. The van der Waals surface area contributed by atoms with E-state index in [-0.39, 0.29) is 0 Å². The molecule has 6 nitrogen and oxygen atoms in total. The summed E-state index contributed by atoms with van der Waals surface area (Å²) in [4.78, 5) is 11.6. The molecule has 0 spiro atoms. The van der Waals surface area contributed by atoms with Gasteiger partial charge in [-0.2, -0.15) is 4.98 Å². The highest BCUT2D eigenvalue weighted by Crippen LogP contribution is 2.48. The number of rotatable bonds is 1. The molecule has 2 aromatic heterocycles. The van der Waals surface area contributed by atoms with Crippen LogP contribution in [-0.2, 0) is 0 Å². The number of aromatic amines is 1. The second kappa shape index (κ2) is 3.79. The number of nitrogens with two attached hydrogens (primary N) is 1. The molecule has 1 fully saturated rings. The van der Waals surface area contributed by atoms with Crippen LogP contribution in [0.5, 0.6) is 0 Å². The van der Waals surface area contributed by atoms with Gasteiger partial charge in [0.25, 0.3) is 0 Å². The Hall–Kier alpha value is -2.47. The van der Waals surface area contributed by atoms with Crippen molar-refractivity contribution in [3.05, 3.63) is 48.0 Å². The maximum absolute atomic E-state index is 5.91. The van der Waals surface area contributed by atoms with Gasteiger partial charge in [0.15, 0.2) is 18.5 Å². The summed E-state index contributed by atoms with van der Waals surface area (Å²) in [6.45, 7) is 0. The Morgan fingerprint density at radius 1 is 1.19 bits per heavy atom. The third kappa shape index (κ3) is 1.37. The molecule has 4 heterocycles. The molecule has 0 amide bonds. The molecule has 0 saturated carbocycles. The van der Waals surface area contributed by atoms with E-state index in [0.29, 0.717) is 23.9 Å². The third-order valence-corrected chi connectivity index (χ3v) is 4.76. The van der Waals surface area contributed by atoms with Crippen molar-refractivity contribution in [3.63, 3.8) is 0 Å². The average Bonchev–Trinajstić information content (AvgIpc) is 3.20. The monoisotopic (exact) mass is 279 g/mol. The first-order chi connectivity index (χ1) is 10.3. The van der Waals surface area contributed by atoms with E-state index in [1.54, 1.807) is 0 Å². The van der Waals surface area contributed by atoms with Crippen molar-refractivity contribution < 1.29 is 4.57 Å². The van der Waals surface area contributed by atoms with E-state index in [0.717, 1.165) is 17.6 Å². The Bertz CT molecular complexity index is 854. The van der Waals surface area contributed by atoms with Crippen LogP contribution in [0.25, 0.3) is 11.2 Å². The number of H-pyrrole nitrogens is 1. The smallest absolute Gasteiger partial charge is 0.307 e. The van der Waals surface area contributed by atoms with Gasteiger partial charge in [-0.25, -0.2) is 4.57 Å². The molecule has 6 heteroatoms. The molecule has 2 aliphatic rings. The molecule has 3 atom stereocenters. The molecular weight excluding hydrogens is 264 g/mol. The van der Waals surface area contributed by atoms with Crippen molar-refractivity contribution in [2.45, 2.75) is 24.5 Å². The van der Waals surface area contributed by atoms with Gasteiger partial charge < -0.3 is 5.73 Å². The molecule has 0 aliphatic carbocycles. The number of aromatic nitrogens is 4. The topological polar surface area (TPSA) is 83.5 Å². The van der Waals surface area contributed by atoms with Crippen molar-refractivity contribution in [3.8, 4) is 0 Å². The Kier molecular flexibility index (Phi) is 2.03. The first-order valence-corrected chi connectivity index (χ1v) is 7.16. The summed E-state index contributed by atoms with van der Waals surface area (Å²) >= 11 is 0. The highest BCUT2D eigenvalue weighted by molar-refractivity contribution is 5.78. The lowest BCUT2D eigenvalue weighted by Gasteiger charge is -2.21. The fourth-order valence-corrected chi connectivity index (χ4v) is 3.84. The lowest BCUT2D eigenvalue weighted by molar-refractivity contribution is -0.702. The number of imidazole rings is 1. The Morgan fingerprint density at radius 2 is 2.05 bits per heavy atom. The van der Waals surface area contributed by atoms with Gasteiger partial charge in [-0.3, -0.25) is 10.3 Å². The van der Waals surface area contributed by atoms with Gasteiger partial charge in [0.05, 0.1) is 6.04 Å². The van der Waals surface area contributed by atoms with E-state index in [1.807, 2.05) is 6.33 Å². The molecule has 1 unspecified atom stereocenters. The van der Waals surface area contributed by atoms with Gasteiger partial charge >= 0.3 is 5.65 Å². The van der Waals surface area contributed by atoms with Gasteiger partial charge in [0.1, 0.15) is 6.04 Å². The fourth-order valence-electron chi connectivity index (χ4n) is 3.84. The van der Waals surface area contributed by atoms with Crippen molar-refractivity contribution in [2.24, 2.45) is 0 Å². The Balaban J connectivity index is 1.65. The number of anilines is 1. The number of nitrogens with zero attached hydrogens (tertiary/aromatic N) is 3. The Morgan fingerprint density at radius 3 is 2.95 bits per heavy atom. The van der Waals surface area contributed by atoms with Gasteiger partial charge in [0, 0.05) is 12.5 Å². The highest BCUT2D eigenvalue weighted by Gasteiger charge is 2.46. The zero-order valence-corrected chi connectivity index (χ0v) is 11.3. The maximum atomic E-state index is 5.91. The number of hydrogen-bond acceptors (Lipinski definition) is 4. The van der Waals surface area contributed by atoms with Crippen LogP contribution in [0.2, 0.25) is 0 Å². The number of benzene rings is 1. The molecule has 5 rings (SSSR count). The van der Waals surface area contributed by atoms with Crippen LogP contribution in [0.3, 0.4) is 0 Å². The SMILES string of the molecule is Nc1ncnc2c1[nH]c[n+]2C1C[C@H]2N[C@@H]1c1ccccc12. The number of nitrogen functional groups attached to an aromatic ring is 1. The van der Waals surface area contributed by atoms with Crippen LogP contribution in [-0.4, -0.2) is 15.0 Å². The number of nitrogens with one attached hydrogen (secondary N) is 2. The number of fused-ring (bicyclic) bond motifs is 6. The van der Waals surface area contributed by atoms with Gasteiger partial charge in [-0.05, 0) is 11.1 Å².